The first-order valence-electron chi connectivity index (χ1n) is 4.43. The Bertz CT molecular complexity index is 278. The highest BCUT2D eigenvalue weighted by Crippen LogP contribution is 2.16. The van der Waals surface area contributed by atoms with Crippen molar-refractivity contribution in [3.8, 4) is 5.75 Å². The number of hydrogen-bond acceptors (Lipinski definition) is 4. The van der Waals surface area contributed by atoms with E-state index in [1.165, 1.54) is 0 Å². The maximum absolute atomic E-state index is 9.10. The molecule has 1 aromatic rings. The standard InChI is InChI=1S/C10H15NO3/c1-14-10-4-2-3-8(5-10)11-6-9(13)7-12/h2-5,9,11-13H,6-7H2,1H3/t9-/m0/s1. The zero-order chi connectivity index (χ0) is 10.4. The quantitative estimate of drug-likeness (QED) is 0.641. The third kappa shape index (κ3) is 3.24. The van der Waals surface area contributed by atoms with E-state index in [2.05, 4.69) is 5.32 Å². The molecule has 3 N–H and O–H groups in total. The Kier molecular flexibility index (Phi) is 4.22. The Morgan fingerprint density at radius 3 is 2.93 bits per heavy atom. The Balaban J connectivity index is 2.50. The molecule has 4 heteroatoms. The number of aliphatic hydroxyl groups is 2. The van der Waals surface area contributed by atoms with Gasteiger partial charge in [-0.05, 0) is 12.1 Å². The van der Waals surface area contributed by atoms with Crippen molar-refractivity contribution in [3.63, 3.8) is 0 Å². The van der Waals surface area contributed by atoms with E-state index in [4.69, 9.17) is 14.9 Å². The molecule has 0 saturated carbocycles. The van der Waals surface area contributed by atoms with Gasteiger partial charge < -0.3 is 20.3 Å². The van der Waals surface area contributed by atoms with Crippen LogP contribution < -0.4 is 10.1 Å². The molecule has 0 radical (unpaired) electrons. The Hall–Kier alpha value is -1.26. The number of nitrogens with one attached hydrogen (secondary N) is 1. The van der Waals surface area contributed by atoms with Gasteiger partial charge in [0.2, 0.25) is 0 Å². The number of hydrogen-bond donors (Lipinski definition) is 3. The summed E-state index contributed by atoms with van der Waals surface area (Å²) in [4.78, 5) is 0. The number of ether oxygens (including phenoxy) is 1. The summed E-state index contributed by atoms with van der Waals surface area (Å²) in [6.07, 6.45) is -0.735. The molecule has 0 amide bonds. The molecule has 0 aliphatic heterocycles. The van der Waals surface area contributed by atoms with Gasteiger partial charge in [-0.1, -0.05) is 6.07 Å². The largest absolute Gasteiger partial charge is 0.497 e. The van der Waals surface area contributed by atoms with E-state index in [-0.39, 0.29) is 6.61 Å². The molecule has 0 aliphatic rings. The topological polar surface area (TPSA) is 61.7 Å². The van der Waals surface area contributed by atoms with Crippen LogP contribution in [0.5, 0.6) is 5.75 Å². The van der Waals surface area contributed by atoms with Gasteiger partial charge in [0.25, 0.3) is 0 Å². The molecular formula is C10H15NO3. The van der Waals surface area contributed by atoms with Crippen molar-refractivity contribution in [2.24, 2.45) is 0 Å². The highest BCUT2D eigenvalue weighted by Gasteiger charge is 2.01. The average Bonchev–Trinajstić information content (AvgIpc) is 2.26. The summed E-state index contributed by atoms with van der Waals surface area (Å²) in [6.45, 7) is 0.0840. The molecule has 1 aromatic carbocycles. The first-order chi connectivity index (χ1) is 6.76. The van der Waals surface area contributed by atoms with Gasteiger partial charge in [0, 0.05) is 18.3 Å². The summed E-state index contributed by atoms with van der Waals surface area (Å²) in [5.41, 5.74) is 0.858. The molecule has 1 atom stereocenters. The molecule has 0 unspecified atom stereocenters. The highest BCUT2D eigenvalue weighted by molar-refractivity contribution is 5.48. The molecule has 0 aromatic heterocycles. The second kappa shape index (κ2) is 5.47. The molecule has 1 rings (SSSR count). The van der Waals surface area contributed by atoms with E-state index < -0.39 is 6.10 Å². The van der Waals surface area contributed by atoms with Gasteiger partial charge in [0.05, 0.1) is 19.8 Å². The molecule has 78 valence electrons. The number of benzene rings is 1. The monoisotopic (exact) mass is 197 g/mol. The molecule has 4 nitrogen and oxygen atoms in total. The van der Waals surface area contributed by atoms with Crippen molar-refractivity contribution in [2.45, 2.75) is 6.10 Å². The molecule has 0 aliphatic carbocycles. The van der Waals surface area contributed by atoms with Crippen LogP contribution in [-0.2, 0) is 0 Å². The van der Waals surface area contributed by atoms with Crippen LogP contribution in [0.15, 0.2) is 24.3 Å². The second-order valence-electron chi connectivity index (χ2n) is 2.95. The van der Waals surface area contributed by atoms with Gasteiger partial charge >= 0.3 is 0 Å². The number of methoxy groups -OCH3 is 1. The van der Waals surface area contributed by atoms with Crippen molar-refractivity contribution < 1.29 is 14.9 Å². The van der Waals surface area contributed by atoms with Crippen LogP contribution >= 0.6 is 0 Å². The maximum Gasteiger partial charge on any atom is 0.120 e. The van der Waals surface area contributed by atoms with Gasteiger partial charge in [-0.3, -0.25) is 0 Å². The van der Waals surface area contributed by atoms with Crippen LogP contribution in [0, 0.1) is 0 Å². The minimum Gasteiger partial charge on any atom is -0.497 e. The minimum atomic E-state index is -0.735. The van der Waals surface area contributed by atoms with Crippen LogP contribution in [0.2, 0.25) is 0 Å². The fourth-order valence-corrected chi connectivity index (χ4v) is 1.03. The van der Waals surface area contributed by atoms with E-state index in [0.717, 1.165) is 11.4 Å². The molecule has 0 spiro atoms. The van der Waals surface area contributed by atoms with Gasteiger partial charge in [0.15, 0.2) is 0 Å². The predicted molar refractivity (Wildman–Crippen MR) is 54.6 cm³/mol. The third-order valence-corrected chi connectivity index (χ3v) is 1.82. The van der Waals surface area contributed by atoms with Gasteiger partial charge in [-0.25, -0.2) is 0 Å². The summed E-state index contributed by atoms with van der Waals surface area (Å²) in [5.74, 6) is 0.758. The van der Waals surface area contributed by atoms with E-state index in [0.29, 0.717) is 6.54 Å². The first kappa shape index (κ1) is 10.8. The lowest BCUT2D eigenvalue weighted by atomic mass is 10.3. The van der Waals surface area contributed by atoms with Gasteiger partial charge in [-0.15, -0.1) is 0 Å². The lowest BCUT2D eigenvalue weighted by molar-refractivity contribution is 0.105. The number of aliphatic hydroxyl groups excluding tert-OH is 2. The van der Waals surface area contributed by atoms with E-state index >= 15 is 0 Å². The second-order valence-corrected chi connectivity index (χ2v) is 2.95. The van der Waals surface area contributed by atoms with Crippen LogP contribution in [0.3, 0.4) is 0 Å². The van der Waals surface area contributed by atoms with Crippen LogP contribution in [0.1, 0.15) is 0 Å². The molecule has 0 heterocycles. The summed E-state index contributed by atoms with van der Waals surface area (Å²) in [5, 5.41) is 20.7. The van der Waals surface area contributed by atoms with Crippen LogP contribution in [0.4, 0.5) is 5.69 Å². The fourth-order valence-electron chi connectivity index (χ4n) is 1.03. The van der Waals surface area contributed by atoms with Gasteiger partial charge in [-0.2, -0.15) is 0 Å². The average molecular weight is 197 g/mol. The molecule has 0 fully saturated rings. The first-order valence-corrected chi connectivity index (χ1v) is 4.43. The zero-order valence-corrected chi connectivity index (χ0v) is 8.10. The smallest absolute Gasteiger partial charge is 0.120 e. The van der Waals surface area contributed by atoms with Crippen molar-refractivity contribution in [3.05, 3.63) is 24.3 Å². The molecule has 14 heavy (non-hydrogen) atoms. The third-order valence-electron chi connectivity index (χ3n) is 1.82. The molecule has 0 saturated heterocycles. The Labute approximate surface area is 83.1 Å². The van der Waals surface area contributed by atoms with Crippen LogP contribution in [0.25, 0.3) is 0 Å². The van der Waals surface area contributed by atoms with E-state index in [9.17, 15) is 0 Å². The fraction of sp³-hybridized carbons (Fsp3) is 0.400. The van der Waals surface area contributed by atoms with E-state index in [1.807, 2.05) is 24.3 Å². The lowest BCUT2D eigenvalue weighted by Crippen LogP contribution is -2.22. The van der Waals surface area contributed by atoms with Crippen molar-refractivity contribution >= 4 is 5.69 Å². The summed E-state index contributed by atoms with van der Waals surface area (Å²) >= 11 is 0. The normalized spacial score (nSPS) is 12.2. The summed E-state index contributed by atoms with van der Waals surface area (Å²) < 4.78 is 5.04. The van der Waals surface area contributed by atoms with Crippen LogP contribution in [-0.4, -0.2) is 36.6 Å². The molecule has 0 bridgehead atoms. The highest BCUT2D eigenvalue weighted by atomic mass is 16.5. The Morgan fingerprint density at radius 1 is 1.50 bits per heavy atom. The van der Waals surface area contributed by atoms with E-state index in [1.54, 1.807) is 7.11 Å². The Morgan fingerprint density at radius 2 is 2.29 bits per heavy atom. The number of anilines is 1. The van der Waals surface area contributed by atoms with Gasteiger partial charge in [0.1, 0.15) is 5.75 Å². The predicted octanol–water partition coefficient (Wildman–Crippen LogP) is 0.460. The molecular weight excluding hydrogens is 182 g/mol. The van der Waals surface area contributed by atoms with Crippen molar-refractivity contribution in [1.82, 2.24) is 0 Å². The summed E-state index contributed by atoms with van der Waals surface area (Å²) in [6, 6.07) is 7.39. The van der Waals surface area contributed by atoms with Crippen molar-refractivity contribution in [1.29, 1.82) is 0 Å². The van der Waals surface area contributed by atoms with Crippen molar-refractivity contribution in [2.75, 3.05) is 25.6 Å². The lowest BCUT2D eigenvalue weighted by Gasteiger charge is -2.10. The SMILES string of the molecule is COc1cccc(NC[C@H](O)CO)c1. The number of rotatable bonds is 5. The summed E-state index contributed by atoms with van der Waals surface area (Å²) in [7, 11) is 1.60. The minimum absolute atomic E-state index is 0.239. The zero-order valence-electron chi connectivity index (χ0n) is 8.10. The maximum atomic E-state index is 9.10.